The van der Waals surface area contributed by atoms with Gasteiger partial charge in [0.2, 0.25) is 0 Å². The number of benzene rings is 1. The van der Waals surface area contributed by atoms with Crippen LogP contribution in [0, 0.1) is 0 Å². The van der Waals surface area contributed by atoms with E-state index in [0.29, 0.717) is 0 Å². The summed E-state index contributed by atoms with van der Waals surface area (Å²) in [6.07, 6.45) is 7.99. The first-order valence-corrected chi connectivity index (χ1v) is 7.22. The first-order chi connectivity index (χ1) is 7.24. The Hall–Kier alpha value is -0.630. The quantitative estimate of drug-likeness (QED) is 0.675. The summed E-state index contributed by atoms with van der Waals surface area (Å²) in [7, 11) is -0.848. The van der Waals surface area contributed by atoms with Gasteiger partial charge in [0.15, 0.2) is 0 Å². The van der Waals surface area contributed by atoms with E-state index in [1.165, 1.54) is 31.2 Å². The second-order valence-electron chi connectivity index (χ2n) is 3.91. The molecule has 0 N–H and O–H groups in total. The summed E-state index contributed by atoms with van der Waals surface area (Å²) in [6.45, 7) is 2.22. The minimum Gasteiger partial charge on any atom is -0.255 e. The van der Waals surface area contributed by atoms with Crippen LogP contribution >= 0.6 is 0 Å². The summed E-state index contributed by atoms with van der Waals surface area (Å²) in [4.78, 5) is 0.947. The van der Waals surface area contributed by atoms with Gasteiger partial charge in [0.25, 0.3) is 0 Å². The highest BCUT2D eigenvalue weighted by Crippen LogP contribution is 2.12. The molecule has 0 aliphatic heterocycles. The SMILES string of the molecule is CCCCCCc1cccc(S(C)=O)c1. The maximum Gasteiger partial charge on any atom is 0.0498 e. The minimum atomic E-state index is -0.848. The van der Waals surface area contributed by atoms with E-state index in [0.717, 1.165) is 11.3 Å². The predicted octanol–water partition coefficient (Wildman–Crippen LogP) is 3.55. The Morgan fingerprint density at radius 2 is 2.00 bits per heavy atom. The van der Waals surface area contributed by atoms with E-state index in [1.807, 2.05) is 12.1 Å². The van der Waals surface area contributed by atoms with Gasteiger partial charge in [-0.25, -0.2) is 0 Å². The van der Waals surface area contributed by atoms with Gasteiger partial charge in [-0.1, -0.05) is 38.3 Å². The van der Waals surface area contributed by atoms with Crippen LogP contribution in [0.3, 0.4) is 0 Å². The van der Waals surface area contributed by atoms with Crippen molar-refractivity contribution >= 4 is 10.8 Å². The third-order valence-electron chi connectivity index (χ3n) is 2.55. The van der Waals surface area contributed by atoms with Gasteiger partial charge < -0.3 is 0 Å². The van der Waals surface area contributed by atoms with Crippen LogP contribution in [0.5, 0.6) is 0 Å². The predicted molar refractivity (Wildman–Crippen MR) is 66.6 cm³/mol. The Kier molecular flexibility index (Phi) is 5.62. The van der Waals surface area contributed by atoms with Crippen LogP contribution in [-0.2, 0) is 17.2 Å². The van der Waals surface area contributed by atoms with Crippen molar-refractivity contribution in [1.29, 1.82) is 0 Å². The van der Waals surface area contributed by atoms with Crippen molar-refractivity contribution in [2.45, 2.75) is 43.9 Å². The average Bonchev–Trinajstić information content (AvgIpc) is 2.25. The third-order valence-corrected chi connectivity index (χ3v) is 3.47. The highest BCUT2D eigenvalue weighted by atomic mass is 32.2. The van der Waals surface area contributed by atoms with E-state index in [1.54, 1.807) is 6.26 Å². The van der Waals surface area contributed by atoms with Crippen molar-refractivity contribution in [2.24, 2.45) is 0 Å². The molecule has 0 saturated heterocycles. The van der Waals surface area contributed by atoms with E-state index < -0.39 is 10.8 Å². The van der Waals surface area contributed by atoms with Crippen LogP contribution in [0.1, 0.15) is 38.2 Å². The van der Waals surface area contributed by atoms with Gasteiger partial charge in [-0.3, -0.25) is 4.21 Å². The number of rotatable bonds is 6. The van der Waals surface area contributed by atoms with E-state index in [-0.39, 0.29) is 0 Å². The number of hydrogen-bond donors (Lipinski definition) is 0. The second-order valence-corrected chi connectivity index (χ2v) is 5.29. The monoisotopic (exact) mass is 224 g/mol. The fourth-order valence-corrected chi connectivity index (χ4v) is 2.22. The number of unbranched alkanes of at least 4 members (excludes halogenated alkanes) is 3. The molecule has 0 fully saturated rings. The van der Waals surface area contributed by atoms with Gasteiger partial charge >= 0.3 is 0 Å². The molecule has 1 unspecified atom stereocenters. The summed E-state index contributed by atoms with van der Waals surface area (Å²) in [5.74, 6) is 0. The summed E-state index contributed by atoms with van der Waals surface area (Å²) >= 11 is 0. The van der Waals surface area contributed by atoms with E-state index in [2.05, 4.69) is 19.1 Å². The van der Waals surface area contributed by atoms with Gasteiger partial charge in [-0.2, -0.15) is 0 Å². The van der Waals surface area contributed by atoms with Crippen molar-refractivity contribution < 1.29 is 4.21 Å². The molecular formula is C13H20OS. The van der Waals surface area contributed by atoms with Crippen LogP contribution in [0.2, 0.25) is 0 Å². The summed E-state index contributed by atoms with van der Waals surface area (Å²) in [5.41, 5.74) is 1.32. The molecule has 1 aromatic carbocycles. The maximum atomic E-state index is 11.3. The normalized spacial score (nSPS) is 12.7. The van der Waals surface area contributed by atoms with Gasteiger partial charge in [0, 0.05) is 22.0 Å². The summed E-state index contributed by atoms with van der Waals surface area (Å²) < 4.78 is 11.3. The van der Waals surface area contributed by atoms with Crippen molar-refractivity contribution in [1.82, 2.24) is 0 Å². The molecule has 2 heteroatoms. The highest BCUT2D eigenvalue weighted by molar-refractivity contribution is 7.84. The molecule has 0 aliphatic carbocycles. The Balaban J connectivity index is 2.47. The fraction of sp³-hybridized carbons (Fsp3) is 0.538. The lowest BCUT2D eigenvalue weighted by atomic mass is 10.1. The molecule has 0 spiro atoms. The molecular weight excluding hydrogens is 204 g/mol. The lowest BCUT2D eigenvalue weighted by Crippen LogP contribution is -1.91. The van der Waals surface area contributed by atoms with Crippen molar-refractivity contribution in [2.75, 3.05) is 6.26 Å². The van der Waals surface area contributed by atoms with Crippen LogP contribution in [-0.4, -0.2) is 10.5 Å². The Bertz CT molecular complexity index is 320. The molecule has 0 saturated carbocycles. The zero-order chi connectivity index (χ0) is 11.1. The minimum absolute atomic E-state index is 0.848. The van der Waals surface area contributed by atoms with Gasteiger partial charge in [-0.05, 0) is 30.5 Å². The van der Waals surface area contributed by atoms with Crippen LogP contribution < -0.4 is 0 Å². The Morgan fingerprint density at radius 3 is 2.67 bits per heavy atom. The first-order valence-electron chi connectivity index (χ1n) is 5.66. The molecule has 15 heavy (non-hydrogen) atoms. The third kappa shape index (κ3) is 4.61. The molecule has 0 bridgehead atoms. The van der Waals surface area contributed by atoms with E-state index >= 15 is 0 Å². The van der Waals surface area contributed by atoms with Crippen molar-refractivity contribution in [3.8, 4) is 0 Å². The molecule has 1 aromatic rings. The highest BCUT2D eigenvalue weighted by Gasteiger charge is 1.99. The van der Waals surface area contributed by atoms with Crippen molar-refractivity contribution in [3.63, 3.8) is 0 Å². The van der Waals surface area contributed by atoms with E-state index in [4.69, 9.17) is 0 Å². The Morgan fingerprint density at radius 1 is 1.20 bits per heavy atom. The summed E-state index contributed by atoms with van der Waals surface area (Å²) in [6, 6.07) is 8.14. The maximum absolute atomic E-state index is 11.3. The van der Waals surface area contributed by atoms with Crippen molar-refractivity contribution in [3.05, 3.63) is 29.8 Å². The molecule has 1 rings (SSSR count). The molecule has 0 radical (unpaired) electrons. The fourth-order valence-electron chi connectivity index (χ4n) is 1.64. The summed E-state index contributed by atoms with van der Waals surface area (Å²) in [5, 5.41) is 0. The smallest absolute Gasteiger partial charge is 0.0498 e. The zero-order valence-corrected chi connectivity index (χ0v) is 10.5. The molecule has 84 valence electrons. The molecule has 0 amide bonds. The molecule has 0 aliphatic rings. The lowest BCUT2D eigenvalue weighted by molar-refractivity contribution is 0.666. The van der Waals surface area contributed by atoms with Gasteiger partial charge in [0.05, 0.1) is 0 Å². The molecule has 0 heterocycles. The van der Waals surface area contributed by atoms with Gasteiger partial charge in [0.1, 0.15) is 0 Å². The first kappa shape index (κ1) is 12.4. The molecule has 0 aromatic heterocycles. The lowest BCUT2D eigenvalue weighted by Gasteiger charge is -2.03. The van der Waals surface area contributed by atoms with Crippen LogP contribution in [0.15, 0.2) is 29.2 Å². The second kappa shape index (κ2) is 6.78. The number of hydrogen-bond acceptors (Lipinski definition) is 1. The number of aryl methyl sites for hydroxylation is 1. The average molecular weight is 224 g/mol. The topological polar surface area (TPSA) is 17.1 Å². The Labute approximate surface area is 95.4 Å². The van der Waals surface area contributed by atoms with Gasteiger partial charge in [-0.15, -0.1) is 0 Å². The molecule has 1 nitrogen and oxygen atoms in total. The standard InChI is InChI=1S/C13H20OS/c1-3-4-5-6-8-12-9-7-10-13(11-12)15(2)14/h7,9-11H,3-6,8H2,1-2H3. The van der Waals surface area contributed by atoms with E-state index in [9.17, 15) is 4.21 Å². The van der Waals surface area contributed by atoms with Crippen LogP contribution in [0.25, 0.3) is 0 Å². The zero-order valence-electron chi connectivity index (χ0n) is 9.66. The molecule has 1 atom stereocenters. The largest absolute Gasteiger partial charge is 0.255 e. The van der Waals surface area contributed by atoms with Crippen LogP contribution in [0.4, 0.5) is 0 Å².